The van der Waals surface area contributed by atoms with Crippen molar-refractivity contribution in [2.75, 3.05) is 11.9 Å². The van der Waals surface area contributed by atoms with Gasteiger partial charge in [0, 0.05) is 18.8 Å². The Hall–Kier alpha value is -2.91. The highest BCUT2D eigenvalue weighted by Crippen LogP contribution is 2.15. The highest BCUT2D eigenvalue weighted by atomic mass is 16.2. The third-order valence-electron chi connectivity index (χ3n) is 4.37. The first-order chi connectivity index (χ1) is 13.1. The molecule has 0 unspecified atom stereocenters. The Morgan fingerprint density at radius 1 is 0.778 bits per heavy atom. The van der Waals surface area contributed by atoms with E-state index in [0.29, 0.717) is 6.54 Å². The number of benzene rings is 3. The van der Waals surface area contributed by atoms with E-state index in [-0.39, 0.29) is 5.91 Å². The average molecular weight is 358 g/mol. The number of carbonyl (C=O) groups is 1. The second-order valence-corrected chi connectivity index (χ2v) is 7.04. The third kappa shape index (κ3) is 6.08. The normalized spacial score (nSPS) is 10.8. The highest BCUT2D eigenvalue weighted by molar-refractivity contribution is 5.92. The van der Waals surface area contributed by atoms with E-state index in [0.717, 1.165) is 29.9 Å². The quantitative estimate of drug-likeness (QED) is 0.648. The minimum absolute atomic E-state index is 0.00635. The second-order valence-electron chi connectivity index (χ2n) is 7.04. The van der Waals surface area contributed by atoms with Gasteiger partial charge >= 0.3 is 0 Å². The summed E-state index contributed by atoms with van der Waals surface area (Å²) in [6.45, 7) is 5.89. The lowest BCUT2D eigenvalue weighted by Crippen LogP contribution is -2.32. The van der Waals surface area contributed by atoms with Crippen LogP contribution in [0.25, 0.3) is 0 Å². The molecular formula is C24H26N2O. The van der Waals surface area contributed by atoms with E-state index in [4.69, 9.17) is 0 Å². The topological polar surface area (TPSA) is 32.3 Å². The summed E-state index contributed by atoms with van der Waals surface area (Å²) in [7, 11) is 0. The molecule has 0 aliphatic heterocycles. The molecule has 0 heterocycles. The van der Waals surface area contributed by atoms with Crippen LogP contribution in [0, 0.1) is 13.8 Å². The molecule has 0 bridgehead atoms. The maximum absolute atomic E-state index is 12.7. The fourth-order valence-corrected chi connectivity index (χ4v) is 3.30. The molecule has 0 fully saturated rings. The molecule has 0 aromatic heterocycles. The van der Waals surface area contributed by atoms with E-state index < -0.39 is 0 Å². The molecule has 138 valence electrons. The van der Waals surface area contributed by atoms with Gasteiger partial charge in [0.2, 0.25) is 5.91 Å². The van der Waals surface area contributed by atoms with Crippen LogP contribution in [0.5, 0.6) is 0 Å². The molecule has 3 heteroatoms. The number of hydrogen-bond donors (Lipinski definition) is 1. The smallest absolute Gasteiger partial charge is 0.238 e. The number of amides is 1. The fourth-order valence-electron chi connectivity index (χ4n) is 3.30. The molecule has 27 heavy (non-hydrogen) atoms. The lowest BCUT2D eigenvalue weighted by Gasteiger charge is -2.22. The van der Waals surface area contributed by atoms with Crippen LogP contribution in [-0.4, -0.2) is 17.4 Å². The summed E-state index contributed by atoms with van der Waals surface area (Å²) in [5.41, 5.74) is 5.56. The van der Waals surface area contributed by atoms with Crippen molar-refractivity contribution in [2.24, 2.45) is 0 Å². The molecule has 1 amide bonds. The van der Waals surface area contributed by atoms with E-state index in [1.54, 1.807) is 0 Å². The molecule has 0 aliphatic carbocycles. The summed E-state index contributed by atoms with van der Waals surface area (Å²) in [6, 6.07) is 26.7. The summed E-state index contributed by atoms with van der Waals surface area (Å²) < 4.78 is 0. The van der Waals surface area contributed by atoms with Gasteiger partial charge in [0.15, 0.2) is 0 Å². The van der Waals surface area contributed by atoms with E-state index in [2.05, 4.69) is 40.5 Å². The van der Waals surface area contributed by atoms with Crippen molar-refractivity contribution in [3.63, 3.8) is 0 Å². The van der Waals surface area contributed by atoms with Gasteiger partial charge in [0.1, 0.15) is 0 Å². The minimum Gasteiger partial charge on any atom is -0.325 e. The number of rotatable bonds is 7. The van der Waals surface area contributed by atoms with Gasteiger partial charge in [-0.25, -0.2) is 0 Å². The first-order valence-electron chi connectivity index (χ1n) is 9.27. The summed E-state index contributed by atoms with van der Waals surface area (Å²) in [5, 5.41) is 3.05. The van der Waals surface area contributed by atoms with Gasteiger partial charge in [-0.05, 0) is 48.2 Å². The Bertz CT molecular complexity index is 814. The number of carbonyl (C=O) groups excluding carboxylic acids is 1. The Morgan fingerprint density at radius 2 is 1.26 bits per heavy atom. The van der Waals surface area contributed by atoms with Crippen molar-refractivity contribution in [2.45, 2.75) is 26.9 Å². The van der Waals surface area contributed by atoms with Crippen molar-refractivity contribution in [1.82, 2.24) is 4.90 Å². The number of nitrogens with one attached hydrogen (secondary N) is 1. The molecule has 0 radical (unpaired) electrons. The van der Waals surface area contributed by atoms with Gasteiger partial charge in [-0.2, -0.15) is 0 Å². The second kappa shape index (κ2) is 9.15. The van der Waals surface area contributed by atoms with Gasteiger partial charge in [0.05, 0.1) is 6.54 Å². The van der Waals surface area contributed by atoms with Crippen LogP contribution in [0.4, 0.5) is 5.69 Å². The van der Waals surface area contributed by atoms with Crippen LogP contribution in [0.3, 0.4) is 0 Å². The Morgan fingerprint density at radius 3 is 1.74 bits per heavy atom. The van der Waals surface area contributed by atoms with Crippen LogP contribution >= 0.6 is 0 Å². The molecule has 3 aromatic carbocycles. The zero-order valence-corrected chi connectivity index (χ0v) is 16.0. The standard InChI is InChI=1S/C24H26N2O/c1-19-13-20(2)15-23(14-19)25-24(27)18-26(16-21-9-5-3-6-10-21)17-22-11-7-4-8-12-22/h3-15H,16-18H2,1-2H3,(H,25,27). The number of nitrogens with zero attached hydrogens (tertiary/aromatic N) is 1. The number of anilines is 1. The largest absolute Gasteiger partial charge is 0.325 e. The van der Waals surface area contributed by atoms with E-state index in [1.807, 2.05) is 62.4 Å². The van der Waals surface area contributed by atoms with Crippen molar-refractivity contribution in [3.8, 4) is 0 Å². The Balaban J connectivity index is 1.70. The number of hydrogen-bond acceptors (Lipinski definition) is 2. The van der Waals surface area contributed by atoms with Gasteiger partial charge in [-0.1, -0.05) is 66.7 Å². The zero-order chi connectivity index (χ0) is 19.1. The minimum atomic E-state index is 0.00635. The summed E-state index contributed by atoms with van der Waals surface area (Å²) in [6.07, 6.45) is 0. The van der Waals surface area contributed by atoms with Crippen molar-refractivity contribution < 1.29 is 4.79 Å². The first-order valence-corrected chi connectivity index (χ1v) is 9.27. The van der Waals surface area contributed by atoms with Crippen LogP contribution in [0.1, 0.15) is 22.3 Å². The zero-order valence-electron chi connectivity index (χ0n) is 16.0. The molecule has 0 saturated heterocycles. The van der Waals surface area contributed by atoms with E-state index in [1.165, 1.54) is 11.1 Å². The predicted octanol–water partition coefficient (Wildman–Crippen LogP) is 4.94. The van der Waals surface area contributed by atoms with Gasteiger partial charge in [-0.15, -0.1) is 0 Å². The summed E-state index contributed by atoms with van der Waals surface area (Å²) in [4.78, 5) is 14.8. The SMILES string of the molecule is Cc1cc(C)cc(NC(=O)CN(Cc2ccccc2)Cc2ccccc2)c1. The highest BCUT2D eigenvalue weighted by Gasteiger charge is 2.13. The summed E-state index contributed by atoms with van der Waals surface area (Å²) >= 11 is 0. The number of aryl methyl sites for hydroxylation is 2. The Kier molecular flexibility index (Phi) is 6.39. The lowest BCUT2D eigenvalue weighted by molar-refractivity contribution is -0.117. The molecule has 3 nitrogen and oxygen atoms in total. The lowest BCUT2D eigenvalue weighted by atomic mass is 10.1. The van der Waals surface area contributed by atoms with Crippen LogP contribution < -0.4 is 5.32 Å². The van der Waals surface area contributed by atoms with Crippen molar-refractivity contribution in [1.29, 1.82) is 0 Å². The molecule has 1 N–H and O–H groups in total. The molecular weight excluding hydrogens is 332 g/mol. The van der Waals surface area contributed by atoms with Gasteiger partial charge in [-0.3, -0.25) is 9.69 Å². The van der Waals surface area contributed by atoms with Crippen molar-refractivity contribution >= 4 is 11.6 Å². The summed E-state index contributed by atoms with van der Waals surface area (Å²) in [5.74, 6) is 0.00635. The molecule has 0 saturated carbocycles. The molecule has 3 aromatic rings. The van der Waals surface area contributed by atoms with Gasteiger partial charge in [0.25, 0.3) is 0 Å². The van der Waals surface area contributed by atoms with Crippen molar-refractivity contribution in [3.05, 3.63) is 101 Å². The molecule has 3 rings (SSSR count). The first kappa shape index (κ1) is 18.9. The average Bonchev–Trinajstić information content (AvgIpc) is 2.62. The maximum atomic E-state index is 12.7. The van der Waals surface area contributed by atoms with Crippen LogP contribution in [0.2, 0.25) is 0 Å². The Labute approximate surface area is 161 Å². The monoisotopic (exact) mass is 358 g/mol. The predicted molar refractivity (Wildman–Crippen MR) is 112 cm³/mol. The van der Waals surface area contributed by atoms with E-state index in [9.17, 15) is 4.79 Å². The van der Waals surface area contributed by atoms with Crippen LogP contribution in [0.15, 0.2) is 78.9 Å². The molecule has 0 aliphatic rings. The fraction of sp³-hybridized carbons (Fsp3) is 0.208. The van der Waals surface area contributed by atoms with Gasteiger partial charge < -0.3 is 5.32 Å². The van der Waals surface area contributed by atoms with E-state index >= 15 is 0 Å². The molecule has 0 spiro atoms. The third-order valence-corrected chi connectivity index (χ3v) is 4.37. The molecule has 0 atom stereocenters. The maximum Gasteiger partial charge on any atom is 0.238 e. The van der Waals surface area contributed by atoms with Crippen LogP contribution in [-0.2, 0) is 17.9 Å².